The summed E-state index contributed by atoms with van der Waals surface area (Å²) in [5, 5.41) is 12.3. The van der Waals surface area contributed by atoms with E-state index in [1.165, 1.54) is 0 Å². The number of amides is 1. The van der Waals surface area contributed by atoms with E-state index < -0.39 is 11.9 Å². The van der Waals surface area contributed by atoms with E-state index in [1.54, 1.807) is 0 Å². The van der Waals surface area contributed by atoms with Crippen LogP contribution in [0.2, 0.25) is 0 Å². The Labute approximate surface area is 128 Å². The fourth-order valence-corrected chi connectivity index (χ4v) is 3.48. The molecule has 1 aliphatic carbocycles. The summed E-state index contributed by atoms with van der Waals surface area (Å²) in [5.74, 6) is -0.872. The van der Waals surface area contributed by atoms with Crippen LogP contribution in [0.3, 0.4) is 0 Å². The topological polar surface area (TPSA) is 66.4 Å². The predicted octanol–water partition coefficient (Wildman–Crippen LogP) is 3.60. The van der Waals surface area contributed by atoms with Gasteiger partial charge in [0.2, 0.25) is 5.91 Å². The van der Waals surface area contributed by atoms with Gasteiger partial charge in [-0.2, -0.15) is 0 Å². The highest BCUT2D eigenvalue weighted by molar-refractivity contribution is 5.78. The van der Waals surface area contributed by atoms with Crippen molar-refractivity contribution < 1.29 is 14.7 Å². The molecule has 3 atom stereocenters. The maximum absolute atomic E-state index is 12.2. The molecule has 122 valence electrons. The van der Waals surface area contributed by atoms with Crippen LogP contribution in [0.1, 0.15) is 72.6 Å². The van der Waals surface area contributed by atoms with E-state index in [4.69, 9.17) is 0 Å². The number of rotatable bonds is 5. The lowest BCUT2D eigenvalue weighted by Gasteiger charge is -2.26. The van der Waals surface area contributed by atoms with Crippen LogP contribution in [-0.2, 0) is 9.59 Å². The van der Waals surface area contributed by atoms with Gasteiger partial charge in [0, 0.05) is 12.5 Å². The van der Waals surface area contributed by atoms with Crippen molar-refractivity contribution in [1.82, 2.24) is 5.32 Å². The molecule has 1 saturated carbocycles. The normalized spacial score (nSPS) is 25.0. The molecule has 0 bridgehead atoms. The molecule has 0 aliphatic heterocycles. The van der Waals surface area contributed by atoms with Gasteiger partial charge in [0.1, 0.15) is 0 Å². The van der Waals surface area contributed by atoms with Crippen molar-refractivity contribution in [3.05, 3.63) is 0 Å². The van der Waals surface area contributed by atoms with E-state index in [0.29, 0.717) is 18.8 Å². The van der Waals surface area contributed by atoms with E-state index in [2.05, 4.69) is 33.0 Å². The molecule has 0 aromatic carbocycles. The first-order valence-electron chi connectivity index (χ1n) is 8.21. The molecule has 0 radical (unpaired) electrons. The van der Waals surface area contributed by atoms with Crippen molar-refractivity contribution >= 4 is 11.9 Å². The monoisotopic (exact) mass is 297 g/mol. The minimum atomic E-state index is -0.773. The van der Waals surface area contributed by atoms with Crippen LogP contribution in [-0.4, -0.2) is 23.0 Å². The maximum Gasteiger partial charge on any atom is 0.308 e. The van der Waals surface area contributed by atoms with Crippen molar-refractivity contribution in [2.24, 2.45) is 17.3 Å². The molecule has 0 spiro atoms. The molecule has 3 unspecified atom stereocenters. The van der Waals surface area contributed by atoms with Gasteiger partial charge in [-0.05, 0) is 30.6 Å². The van der Waals surface area contributed by atoms with Crippen molar-refractivity contribution in [2.45, 2.75) is 78.7 Å². The summed E-state index contributed by atoms with van der Waals surface area (Å²) in [7, 11) is 0. The van der Waals surface area contributed by atoms with Crippen LogP contribution in [0.5, 0.6) is 0 Å². The Balaban J connectivity index is 2.52. The highest BCUT2D eigenvalue weighted by Crippen LogP contribution is 2.27. The smallest absolute Gasteiger partial charge is 0.308 e. The molecule has 4 heteroatoms. The molecule has 4 nitrogen and oxygen atoms in total. The lowest BCUT2D eigenvalue weighted by Crippen LogP contribution is -2.43. The second kappa shape index (κ2) is 7.81. The standard InChI is InChI=1S/C17H31NO3/c1-12(11-17(2,3)4)10-15(19)18-14-9-7-5-6-8-13(14)16(20)21/h12-14H,5-11H2,1-4H3,(H,18,19)(H,20,21). The van der Waals surface area contributed by atoms with Gasteiger partial charge in [-0.1, -0.05) is 47.0 Å². The van der Waals surface area contributed by atoms with E-state index >= 15 is 0 Å². The number of carboxylic acids is 1. The summed E-state index contributed by atoms with van der Waals surface area (Å²) < 4.78 is 0. The van der Waals surface area contributed by atoms with Crippen LogP contribution in [0.15, 0.2) is 0 Å². The van der Waals surface area contributed by atoms with Gasteiger partial charge in [-0.15, -0.1) is 0 Å². The molecule has 1 aliphatic rings. The highest BCUT2D eigenvalue weighted by Gasteiger charge is 2.30. The largest absolute Gasteiger partial charge is 0.481 e. The van der Waals surface area contributed by atoms with Gasteiger partial charge in [0.25, 0.3) is 0 Å². The number of carbonyl (C=O) groups excluding carboxylic acids is 1. The van der Waals surface area contributed by atoms with Crippen LogP contribution < -0.4 is 5.32 Å². The molecule has 21 heavy (non-hydrogen) atoms. The molecule has 1 rings (SSSR count). The number of nitrogens with one attached hydrogen (secondary N) is 1. The zero-order chi connectivity index (χ0) is 16.0. The van der Waals surface area contributed by atoms with Gasteiger partial charge < -0.3 is 10.4 Å². The Bertz CT molecular complexity index is 360. The lowest BCUT2D eigenvalue weighted by atomic mass is 9.84. The van der Waals surface area contributed by atoms with E-state index in [0.717, 1.165) is 32.1 Å². The first-order valence-corrected chi connectivity index (χ1v) is 8.21. The first kappa shape index (κ1) is 18.0. The van der Waals surface area contributed by atoms with Crippen molar-refractivity contribution in [2.75, 3.05) is 0 Å². The summed E-state index contributed by atoms with van der Waals surface area (Å²) in [6.45, 7) is 8.61. The average molecular weight is 297 g/mol. The maximum atomic E-state index is 12.2. The second-order valence-corrected chi connectivity index (χ2v) is 7.83. The summed E-state index contributed by atoms with van der Waals surface area (Å²) in [6.07, 6.45) is 5.97. The minimum absolute atomic E-state index is 0.00454. The summed E-state index contributed by atoms with van der Waals surface area (Å²) in [6, 6.07) is -0.195. The summed E-state index contributed by atoms with van der Waals surface area (Å²) >= 11 is 0. The zero-order valence-corrected chi connectivity index (χ0v) is 13.9. The van der Waals surface area contributed by atoms with Crippen LogP contribution in [0.4, 0.5) is 0 Å². The van der Waals surface area contributed by atoms with Crippen LogP contribution in [0.25, 0.3) is 0 Å². The Hall–Kier alpha value is -1.06. The average Bonchev–Trinajstić information content (AvgIpc) is 2.51. The number of carboxylic acid groups (broad SMARTS) is 1. The van der Waals surface area contributed by atoms with E-state index in [-0.39, 0.29) is 17.4 Å². The van der Waals surface area contributed by atoms with E-state index in [1.807, 2.05) is 0 Å². The first-order chi connectivity index (χ1) is 9.69. The Morgan fingerprint density at radius 1 is 1.19 bits per heavy atom. The number of hydrogen-bond acceptors (Lipinski definition) is 2. The number of aliphatic carboxylic acids is 1. The molecule has 0 aromatic heterocycles. The highest BCUT2D eigenvalue weighted by atomic mass is 16.4. The zero-order valence-electron chi connectivity index (χ0n) is 13.9. The molecule has 0 saturated heterocycles. The third-order valence-electron chi connectivity index (χ3n) is 4.17. The Morgan fingerprint density at radius 3 is 2.38 bits per heavy atom. The molecule has 1 fully saturated rings. The lowest BCUT2D eigenvalue weighted by molar-refractivity contribution is -0.143. The number of hydrogen-bond donors (Lipinski definition) is 2. The minimum Gasteiger partial charge on any atom is -0.481 e. The third kappa shape index (κ3) is 6.96. The quantitative estimate of drug-likeness (QED) is 0.762. The summed E-state index contributed by atoms with van der Waals surface area (Å²) in [4.78, 5) is 23.5. The second-order valence-electron chi connectivity index (χ2n) is 7.83. The summed E-state index contributed by atoms with van der Waals surface area (Å²) in [5.41, 5.74) is 0.214. The van der Waals surface area contributed by atoms with Crippen molar-refractivity contribution in [3.63, 3.8) is 0 Å². The molecular formula is C17H31NO3. The van der Waals surface area contributed by atoms with Gasteiger partial charge in [-0.25, -0.2) is 0 Å². The van der Waals surface area contributed by atoms with Crippen molar-refractivity contribution in [1.29, 1.82) is 0 Å². The van der Waals surface area contributed by atoms with Gasteiger partial charge in [0.15, 0.2) is 0 Å². The third-order valence-corrected chi connectivity index (χ3v) is 4.17. The Kier molecular flexibility index (Phi) is 6.69. The molecule has 0 aromatic rings. The van der Waals surface area contributed by atoms with Gasteiger partial charge in [0.05, 0.1) is 5.92 Å². The number of carbonyl (C=O) groups is 2. The van der Waals surface area contributed by atoms with Gasteiger partial charge in [-0.3, -0.25) is 9.59 Å². The van der Waals surface area contributed by atoms with Crippen LogP contribution in [0, 0.1) is 17.3 Å². The fourth-order valence-electron chi connectivity index (χ4n) is 3.48. The fraction of sp³-hybridized carbons (Fsp3) is 0.882. The van der Waals surface area contributed by atoms with Crippen LogP contribution >= 0.6 is 0 Å². The molecular weight excluding hydrogens is 266 g/mol. The molecule has 1 amide bonds. The predicted molar refractivity (Wildman–Crippen MR) is 84.0 cm³/mol. The van der Waals surface area contributed by atoms with E-state index in [9.17, 15) is 14.7 Å². The van der Waals surface area contributed by atoms with Crippen molar-refractivity contribution in [3.8, 4) is 0 Å². The Morgan fingerprint density at radius 2 is 1.81 bits per heavy atom. The van der Waals surface area contributed by atoms with Gasteiger partial charge >= 0.3 is 5.97 Å². The molecule has 0 heterocycles. The SMILES string of the molecule is CC(CC(=O)NC1CCCCCC1C(=O)O)CC(C)(C)C. The molecule has 2 N–H and O–H groups in total.